The van der Waals surface area contributed by atoms with Gasteiger partial charge in [-0.3, -0.25) is 13.9 Å². The Morgan fingerprint density at radius 3 is 2.10 bits per heavy atom. The molecule has 0 aromatic heterocycles. The van der Waals surface area contributed by atoms with E-state index in [1.165, 1.54) is 29.2 Å². The molecule has 1 N–H and O–H groups in total. The predicted octanol–water partition coefficient (Wildman–Crippen LogP) is 5.36. The van der Waals surface area contributed by atoms with Gasteiger partial charge < -0.3 is 10.2 Å². The quantitative estimate of drug-likeness (QED) is 0.357. The molecule has 0 spiro atoms. The van der Waals surface area contributed by atoms with E-state index >= 15 is 0 Å². The standard InChI is InChI=1S/C31H38FN3O4S/c1-7-28(30(37)33-31(4,5)6)34(20-24-14-16-25(32)17-15-24)29(36)21-35(26-18-13-22(2)23(3)19-26)40(38,39)27-11-9-8-10-12-27/h8-19,28H,7,20-21H2,1-6H3,(H,33,37)/t28-/m1/s1. The van der Waals surface area contributed by atoms with Crippen molar-refractivity contribution in [3.05, 3.63) is 95.3 Å². The highest BCUT2D eigenvalue weighted by Gasteiger charge is 2.34. The maximum Gasteiger partial charge on any atom is 0.264 e. The van der Waals surface area contributed by atoms with Crippen molar-refractivity contribution in [1.82, 2.24) is 10.2 Å². The van der Waals surface area contributed by atoms with Crippen LogP contribution in [0.15, 0.2) is 77.7 Å². The van der Waals surface area contributed by atoms with Crippen LogP contribution in [0.3, 0.4) is 0 Å². The summed E-state index contributed by atoms with van der Waals surface area (Å²) in [6.07, 6.45) is 0.296. The van der Waals surface area contributed by atoms with Crippen LogP contribution < -0.4 is 9.62 Å². The molecule has 3 rings (SSSR count). The number of amides is 2. The van der Waals surface area contributed by atoms with E-state index in [9.17, 15) is 22.4 Å². The molecular formula is C31H38FN3O4S. The van der Waals surface area contributed by atoms with E-state index in [2.05, 4.69) is 5.32 Å². The van der Waals surface area contributed by atoms with Gasteiger partial charge in [-0.25, -0.2) is 12.8 Å². The molecule has 0 radical (unpaired) electrons. The second-order valence-corrected chi connectivity index (χ2v) is 12.8. The van der Waals surface area contributed by atoms with Crippen LogP contribution in [0.1, 0.15) is 50.8 Å². The van der Waals surface area contributed by atoms with Crippen molar-refractivity contribution in [1.29, 1.82) is 0 Å². The highest BCUT2D eigenvalue weighted by atomic mass is 32.2. The van der Waals surface area contributed by atoms with Gasteiger partial charge in [0.1, 0.15) is 18.4 Å². The molecule has 40 heavy (non-hydrogen) atoms. The fraction of sp³-hybridized carbons (Fsp3) is 0.355. The molecule has 0 heterocycles. The van der Waals surface area contributed by atoms with Crippen LogP contribution in [0, 0.1) is 19.7 Å². The van der Waals surface area contributed by atoms with Gasteiger partial charge in [-0.1, -0.05) is 43.3 Å². The second kappa shape index (κ2) is 12.6. The lowest BCUT2D eigenvalue weighted by atomic mass is 10.1. The number of halogens is 1. The predicted molar refractivity (Wildman–Crippen MR) is 156 cm³/mol. The van der Waals surface area contributed by atoms with E-state index in [1.54, 1.807) is 49.4 Å². The molecule has 3 aromatic carbocycles. The smallest absolute Gasteiger partial charge is 0.264 e. The molecular weight excluding hydrogens is 529 g/mol. The molecule has 3 aromatic rings. The third-order valence-electron chi connectivity index (χ3n) is 6.54. The molecule has 0 aliphatic rings. The largest absolute Gasteiger partial charge is 0.350 e. The Balaban J connectivity index is 2.08. The summed E-state index contributed by atoms with van der Waals surface area (Å²) in [4.78, 5) is 28.8. The first-order valence-electron chi connectivity index (χ1n) is 13.2. The van der Waals surface area contributed by atoms with Crippen LogP contribution in [-0.2, 0) is 26.2 Å². The average molecular weight is 568 g/mol. The number of rotatable bonds is 10. The number of benzene rings is 3. The van der Waals surface area contributed by atoms with Gasteiger partial charge in [0.2, 0.25) is 11.8 Å². The summed E-state index contributed by atoms with van der Waals surface area (Å²) >= 11 is 0. The number of carbonyl (C=O) groups is 2. The lowest BCUT2D eigenvalue weighted by Crippen LogP contribution is -2.55. The van der Waals surface area contributed by atoms with Crippen molar-refractivity contribution in [2.75, 3.05) is 10.8 Å². The molecule has 1 atom stereocenters. The van der Waals surface area contributed by atoms with E-state index in [1.807, 2.05) is 40.7 Å². The Labute approximate surface area is 237 Å². The Morgan fingerprint density at radius 1 is 0.925 bits per heavy atom. The van der Waals surface area contributed by atoms with Crippen molar-refractivity contribution >= 4 is 27.5 Å². The molecule has 0 aliphatic carbocycles. The molecule has 0 saturated carbocycles. The van der Waals surface area contributed by atoms with Crippen LogP contribution in [0.4, 0.5) is 10.1 Å². The number of hydrogen-bond donors (Lipinski definition) is 1. The second-order valence-electron chi connectivity index (χ2n) is 10.9. The zero-order chi connectivity index (χ0) is 29.7. The molecule has 9 heteroatoms. The number of nitrogens with zero attached hydrogens (tertiary/aromatic N) is 2. The minimum Gasteiger partial charge on any atom is -0.350 e. The molecule has 2 amide bonds. The van der Waals surface area contributed by atoms with E-state index in [0.717, 1.165) is 15.4 Å². The fourth-order valence-electron chi connectivity index (χ4n) is 4.29. The highest BCUT2D eigenvalue weighted by Crippen LogP contribution is 2.27. The first-order valence-corrected chi connectivity index (χ1v) is 14.7. The number of nitrogens with one attached hydrogen (secondary N) is 1. The monoisotopic (exact) mass is 567 g/mol. The molecule has 0 saturated heterocycles. The van der Waals surface area contributed by atoms with Crippen LogP contribution in [0.2, 0.25) is 0 Å². The first-order chi connectivity index (χ1) is 18.7. The van der Waals surface area contributed by atoms with Crippen molar-refractivity contribution in [3.63, 3.8) is 0 Å². The van der Waals surface area contributed by atoms with E-state index < -0.39 is 39.9 Å². The maximum atomic E-state index is 14.1. The summed E-state index contributed by atoms with van der Waals surface area (Å²) in [5, 5.41) is 2.93. The van der Waals surface area contributed by atoms with Crippen LogP contribution in [0.5, 0.6) is 0 Å². The van der Waals surface area contributed by atoms with Gasteiger partial charge in [-0.15, -0.1) is 0 Å². The molecule has 0 unspecified atom stereocenters. The zero-order valence-electron chi connectivity index (χ0n) is 23.9. The third kappa shape index (κ3) is 7.69. The summed E-state index contributed by atoms with van der Waals surface area (Å²) < 4.78 is 42.5. The lowest BCUT2D eigenvalue weighted by Gasteiger charge is -2.35. The minimum absolute atomic E-state index is 0.00132. The van der Waals surface area contributed by atoms with Gasteiger partial charge in [-0.2, -0.15) is 0 Å². The number of carbonyl (C=O) groups excluding carboxylic acids is 2. The van der Waals surface area contributed by atoms with Crippen LogP contribution in [-0.4, -0.2) is 43.3 Å². The van der Waals surface area contributed by atoms with E-state index in [0.29, 0.717) is 17.7 Å². The fourth-order valence-corrected chi connectivity index (χ4v) is 5.72. The molecule has 0 bridgehead atoms. The van der Waals surface area contributed by atoms with Crippen LogP contribution in [0.25, 0.3) is 0 Å². The Kier molecular flexibility index (Phi) is 9.73. The van der Waals surface area contributed by atoms with E-state index in [-0.39, 0.29) is 17.3 Å². The zero-order valence-corrected chi connectivity index (χ0v) is 24.8. The number of hydrogen-bond acceptors (Lipinski definition) is 4. The summed E-state index contributed by atoms with van der Waals surface area (Å²) in [6, 6.07) is 17.9. The van der Waals surface area contributed by atoms with Gasteiger partial charge in [-0.05, 0) is 94.1 Å². The average Bonchev–Trinajstić information content (AvgIpc) is 2.89. The van der Waals surface area contributed by atoms with E-state index in [4.69, 9.17) is 0 Å². The van der Waals surface area contributed by atoms with Crippen LogP contribution >= 0.6 is 0 Å². The minimum atomic E-state index is -4.14. The number of sulfonamides is 1. The number of aryl methyl sites for hydroxylation is 2. The van der Waals surface area contributed by atoms with Crippen molar-refractivity contribution in [3.8, 4) is 0 Å². The van der Waals surface area contributed by atoms with Gasteiger partial charge in [0.05, 0.1) is 10.6 Å². The molecule has 0 aliphatic heterocycles. The van der Waals surface area contributed by atoms with Gasteiger partial charge in [0, 0.05) is 12.1 Å². The van der Waals surface area contributed by atoms with Crippen molar-refractivity contribution < 1.29 is 22.4 Å². The molecule has 7 nitrogen and oxygen atoms in total. The van der Waals surface area contributed by atoms with Gasteiger partial charge in [0.25, 0.3) is 10.0 Å². The Morgan fingerprint density at radius 2 is 1.55 bits per heavy atom. The lowest BCUT2D eigenvalue weighted by molar-refractivity contribution is -0.141. The summed E-state index contributed by atoms with van der Waals surface area (Å²) in [7, 11) is -4.14. The Hall–Kier alpha value is -3.72. The maximum absolute atomic E-state index is 14.1. The van der Waals surface area contributed by atoms with Crippen molar-refractivity contribution in [2.24, 2.45) is 0 Å². The molecule has 214 valence electrons. The summed E-state index contributed by atoms with van der Waals surface area (Å²) in [5.41, 5.74) is 2.26. The Bertz CT molecular complexity index is 1440. The summed E-state index contributed by atoms with van der Waals surface area (Å²) in [5.74, 6) is -1.33. The first kappa shape index (κ1) is 30.8. The molecule has 0 fully saturated rings. The highest BCUT2D eigenvalue weighted by molar-refractivity contribution is 7.92. The topological polar surface area (TPSA) is 86.8 Å². The van der Waals surface area contributed by atoms with Gasteiger partial charge >= 0.3 is 0 Å². The normalized spacial score (nSPS) is 12.5. The third-order valence-corrected chi connectivity index (χ3v) is 8.33. The van der Waals surface area contributed by atoms with Gasteiger partial charge in [0.15, 0.2) is 0 Å². The summed E-state index contributed by atoms with van der Waals surface area (Å²) in [6.45, 7) is 10.6. The SMILES string of the molecule is CC[C@H](C(=O)NC(C)(C)C)N(Cc1ccc(F)cc1)C(=O)CN(c1ccc(C)c(C)c1)S(=O)(=O)c1ccccc1. The number of anilines is 1. The van der Waals surface area contributed by atoms with Crippen molar-refractivity contribution in [2.45, 2.75) is 71.0 Å².